The highest BCUT2D eigenvalue weighted by Gasteiger charge is 2.36. The van der Waals surface area contributed by atoms with Crippen LogP contribution in [0.1, 0.15) is 12.6 Å². The molecule has 136 valence electrons. The maximum Gasteiger partial charge on any atom is 0.431 e. The van der Waals surface area contributed by atoms with Crippen LogP contribution in [-0.4, -0.2) is 15.7 Å². The van der Waals surface area contributed by atoms with E-state index in [4.69, 9.17) is 39.5 Å². The molecule has 0 bridgehead atoms. The molecular formula is C14H10Cl3F3N2O3. The maximum atomic E-state index is 13.1. The van der Waals surface area contributed by atoms with Crippen LogP contribution in [0.5, 0.6) is 0 Å². The normalized spacial score (nSPS) is 11.8. The molecule has 2 aromatic rings. The Hall–Kier alpha value is -1.48. The Bertz CT molecular complexity index is 899. The van der Waals surface area contributed by atoms with Gasteiger partial charge in [-0.2, -0.15) is 13.2 Å². The van der Waals surface area contributed by atoms with E-state index in [1.54, 1.807) is 6.92 Å². The SMILES string of the molecule is CCOCn1c(C(F)(F)F)cc(=O)n(-c2c(Cl)cc(Cl)cc2Cl)c1=O. The summed E-state index contributed by atoms with van der Waals surface area (Å²) in [5.41, 5.74) is -4.23. The van der Waals surface area contributed by atoms with Gasteiger partial charge in [0.15, 0.2) is 0 Å². The Labute approximate surface area is 154 Å². The van der Waals surface area contributed by atoms with Crippen LogP contribution in [0.25, 0.3) is 5.69 Å². The average molecular weight is 418 g/mol. The van der Waals surface area contributed by atoms with Crippen molar-refractivity contribution in [2.75, 3.05) is 6.61 Å². The molecule has 11 heteroatoms. The molecule has 0 N–H and O–H groups in total. The molecule has 0 spiro atoms. The molecule has 0 saturated carbocycles. The van der Waals surface area contributed by atoms with Crippen molar-refractivity contribution in [3.05, 3.63) is 59.8 Å². The van der Waals surface area contributed by atoms with Crippen molar-refractivity contribution < 1.29 is 17.9 Å². The molecular weight excluding hydrogens is 408 g/mol. The lowest BCUT2D eigenvalue weighted by Gasteiger charge is -2.18. The number of rotatable bonds is 4. The lowest BCUT2D eigenvalue weighted by molar-refractivity contribution is -0.147. The number of benzene rings is 1. The summed E-state index contributed by atoms with van der Waals surface area (Å²) in [6.07, 6.45) is -4.93. The van der Waals surface area contributed by atoms with E-state index >= 15 is 0 Å². The summed E-state index contributed by atoms with van der Waals surface area (Å²) in [6.45, 7) is 0.903. The second kappa shape index (κ2) is 7.41. The van der Waals surface area contributed by atoms with Crippen LogP contribution in [-0.2, 0) is 17.6 Å². The van der Waals surface area contributed by atoms with Gasteiger partial charge in [-0.3, -0.25) is 9.36 Å². The number of nitrogens with zero attached hydrogens (tertiary/aromatic N) is 2. The van der Waals surface area contributed by atoms with Crippen molar-refractivity contribution >= 4 is 34.8 Å². The molecule has 0 aliphatic heterocycles. The third kappa shape index (κ3) is 4.03. The van der Waals surface area contributed by atoms with Crippen molar-refractivity contribution in [1.29, 1.82) is 0 Å². The summed E-state index contributed by atoms with van der Waals surface area (Å²) in [5.74, 6) is 0. The van der Waals surface area contributed by atoms with Crippen LogP contribution in [0.2, 0.25) is 15.1 Å². The first-order valence-electron chi connectivity index (χ1n) is 6.74. The zero-order valence-electron chi connectivity index (χ0n) is 12.5. The van der Waals surface area contributed by atoms with Crippen LogP contribution in [0, 0.1) is 0 Å². The van der Waals surface area contributed by atoms with Gasteiger partial charge >= 0.3 is 11.9 Å². The number of hydrogen-bond acceptors (Lipinski definition) is 3. The number of alkyl halides is 3. The predicted octanol–water partition coefficient (Wildman–Crippen LogP) is 3.97. The van der Waals surface area contributed by atoms with Crippen molar-refractivity contribution in [2.45, 2.75) is 19.8 Å². The quantitative estimate of drug-likeness (QED) is 0.756. The predicted molar refractivity (Wildman–Crippen MR) is 88.0 cm³/mol. The lowest BCUT2D eigenvalue weighted by atomic mass is 10.3. The molecule has 0 amide bonds. The lowest BCUT2D eigenvalue weighted by Crippen LogP contribution is -2.42. The summed E-state index contributed by atoms with van der Waals surface area (Å²) in [6, 6.07) is 2.70. The zero-order valence-corrected chi connectivity index (χ0v) is 14.8. The molecule has 0 aliphatic carbocycles. The smallest absolute Gasteiger partial charge is 0.361 e. The number of hydrogen-bond donors (Lipinski definition) is 0. The number of aromatic nitrogens is 2. The fourth-order valence-electron chi connectivity index (χ4n) is 2.07. The van der Waals surface area contributed by atoms with Gasteiger partial charge in [-0.25, -0.2) is 9.36 Å². The Morgan fingerprint density at radius 1 is 1.08 bits per heavy atom. The second-order valence-corrected chi connectivity index (χ2v) is 6.00. The standard InChI is InChI=1S/C14H10Cl3F3N2O3/c1-2-25-6-21-10(14(18,19)20)5-11(23)22(13(21)24)12-8(16)3-7(15)4-9(12)17/h3-5H,2,6H2,1H3. The van der Waals surface area contributed by atoms with E-state index in [0.717, 1.165) is 0 Å². The molecule has 0 fully saturated rings. The van der Waals surface area contributed by atoms with E-state index < -0.39 is 29.9 Å². The Morgan fingerprint density at radius 3 is 2.12 bits per heavy atom. The Balaban J connectivity index is 2.86. The first-order valence-corrected chi connectivity index (χ1v) is 7.88. The highest BCUT2D eigenvalue weighted by molar-refractivity contribution is 6.40. The fraction of sp³-hybridized carbons (Fsp3) is 0.286. The highest BCUT2D eigenvalue weighted by atomic mass is 35.5. The van der Waals surface area contributed by atoms with Crippen LogP contribution in [0.15, 0.2) is 27.8 Å². The van der Waals surface area contributed by atoms with E-state index in [2.05, 4.69) is 0 Å². The zero-order chi connectivity index (χ0) is 18.9. The first kappa shape index (κ1) is 19.8. The molecule has 0 saturated heterocycles. The van der Waals surface area contributed by atoms with Gasteiger partial charge in [0.25, 0.3) is 5.56 Å². The largest absolute Gasteiger partial charge is 0.431 e. The molecule has 2 rings (SSSR count). The van der Waals surface area contributed by atoms with Gasteiger partial charge in [0.1, 0.15) is 12.4 Å². The van der Waals surface area contributed by atoms with E-state index in [0.29, 0.717) is 4.57 Å². The van der Waals surface area contributed by atoms with E-state index in [1.165, 1.54) is 12.1 Å². The molecule has 0 atom stereocenters. The van der Waals surface area contributed by atoms with Gasteiger partial charge in [0.05, 0.1) is 15.7 Å². The third-order valence-corrected chi connectivity index (χ3v) is 3.91. The molecule has 5 nitrogen and oxygen atoms in total. The van der Waals surface area contributed by atoms with Crippen LogP contribution < -0.4 is 11.2 Å². The molecule has 0 radical (unpaired) electrons. The van der Waals surface area contributed by atoms with Crippen molar-refractivity contribution in [1.82, 2.24) is 9.13 Å². The number of ether oxygens (including phenoxy) is 1. The van der Waals surface area contributed by atoms with Gasteiger partial charge in [0, 0.05) is 17.7 Å². The minimum Gasteiger partial charge on any atom is -0.361 e. The number of halogens is 6. The van der Waals surface area contributed by atoms with E-state index in [1.807, 2.05) is 0 Å². The van der Waals surface area contributed by atoms with Gasteiger partial charge in [-0.1, -0.05) is 34.8 Å². The summed E-state index contributed by atoms with van der Waals surface area (Å²) in [4.78, 5) is 24.7. The van der Waals surface area contributed by atoms with Gasteiger partial charge in [-0.15, -0.1) is 0 Å². The summed E-state index contributed by atoms with van der Waals surface area (Å²) < 4.78 is 45.1. The second-order valence-electron chi connectivity index (χ2n) is 4.75. The van der Waals surface area contributed by atoms with Gasteiger partial charge < -0.3 is 4.74 Å². The van der Waals surface area contributed by atoms with Crippen molar-refractivity contribution in [3.63, 3.8) is 0 Å². The van der Waals surface area contributed by atoms with Gasteiger partial charge in [-0.05, 0) is 19.1 Å². The summed E-state index contributed by atoms with van der Waals surface area (Å²) >= 11 is 17.7. The minimum absolute atomic E-state index is 0.0608. The van der Waals surface area contributed by atoms with Crippen LogP contribution >= 0.6 is 34.8 Å². The molecule has 0 aliphatic rings. The Morgan fingerprint density at radius 2 is 1.64 bits per heavy atom. The molecule has 1 heterocycles. The van der Waals surface area contributed by atoms with E-state index in [9.17, 15) is 22.8 Å². The van der Waals surface area contributed by atoms with E-state index in [-0.39, 0.29) is 38.0 Å². The van der Waals surface area contributed by atoms with Crippen molar-refractivity contribution in [2.24, 2.45) is 0 Å². The maximum absolute atomic E-state index is 13.1. The highest BCUT2D eigenvalue weighted by Crippen LogP contribution is 2.32. The Kier molecular flexibility index (Phi) is 5.88. The summed E-state index contributed by atoms with van der Waals surface area (Å²) in [5, 5.41) is -0.202. The van der Waals surface area contributed by atoms with Crippen LogP contribution in [0.3, 0.4) is 0 Å². The molecule has 1 aromatic heterocycles. The topological polar surface area (TPSA) is 53.2 Å². The third-order valence-electron chi connectivity index (χ3n) is 3.11. The van der Waals surface area contributed by atoms with Crippen molar-refractivity contribution in [3.8, 4) is 5.69 Å². The van der Waals surface area contributed by atoms with Gasteiger partial charge in [0.2, 0.25) is 0 Å². The average Bonchev–Trinajstić information content (AvgIpc) is 2.47. The minimum atomic E-state index is -4.93. The molecule has 25 heavy (non-hydrogen) atoms. The van der Waals surface area contributed by atoms with Crippen LogP contribution in [0.4, 0.5) is 13.2 Å². The monoisotopic (exact) mass is 416 g/mol. The first-order chi connectivity index (χ1) is 11.6. The molecule has 1 aromatic carbocycles. The fourth-order valence-corrected chi connectivity index (χ4v) is 3.06. The molecule has 0 unspecified atom stereocenters. The summed E-state index contributed by atoms with van der Waals surface area (Å²) in [7, 11) is 0.